The van der Waals surface area contributed by atoms with Crippen molar-refractivity contribution in [2.24, 2.45) is 0 Å². The molecule has 2 aliphatic rings. The second-order valence-corrected chi connectivity index (χ2v) is 8.13. The molecule has 2 atom stereocenters. The van der Waals surface area contributed by atoms with Crippen LogP contribution in [0.1, 0.15) is 37.8 Å². The number of rotatable bonds is 3. The maximum absolute atomic E-state index is 12.9. The van der Waals surface area contributed by atoms with Gasteiger partial charge < -0.3 is 9.84 Å². The summed E-state index contributed by atoms with van der Waals surface area (Å²) < 4.78 is 5.77. The topological polar surface area (TPSA) is 46.5 Å². The van der Waals surface area contributed by atoms with Crippen LogP contribution in [0.2, 0.25) is 10.0 Å². The summed E-state index contributed by atoms with van der Waals surface area (Å²) in [6.07, 6.45) is 1.57. The molecule has 1 N–H and O–H groups in total. The second kappa shape index (κ2) is 6.66. The summed E-state index contributed by atoms with van der Waals surface area (Å²) in [5.74, 6) is -0.0716. The lowest BCUT2D eigenvalue weighted by atomic mass is 9.87. The summed E-state index contributed by atoms with van der Waals surface area (Å²) in [5, 5.41) is 11.8. The number of aliphatic hydroxyl groups is 1. The van der Waals surface area contributed by atoms with Gasteiger partial charge in [-0.3, -0.25) is 4.79 Å². The summed E-state index contributed by atoms with van der Waals surface area (Å²) in [7, 11) is 0. The molecule has 0 radical (unpaired) electrons. The number of aliphatic hydroxyl groups excluding tert-OH is 1. The van der Waals surface area contributed by atoms with Crippen molar-refractivity contribution >= 4 is 34.6 Å². The number of carbonyl (C=O) groups is 1. The van der Waals surface area contributed by atoms with Crippen molar-refractivity contribution in [1.82, 2.24) is 0 Å². The zero-order chi connectivity index (χ0) is 19.3. The van der Waals surface area contributed by atoms with Crippen LogP contribution in [-0.2, 0) is 16.0 Å². The van der Waals surface area contributed by atoms with Gasteiger partial charge in [0.05, 0.1) is 15.6 Å². The molecule has 0 aromatic heterocycles. The van der Waals surface area contributed by atoms with E-state index in [-0.39, 0.29) is 11.5 Å². The van der Waals surface area contributed by atoms with Gasteiger partial charge in [-0.1, -0.05) is 54.4 Å². The van der Waals surface area contributed by atoms with E-state index in [9.17, 15) is 9.90 Å². The molecule has 2 aromatic carbocycles. The number of halogens is 2. The van der Waals surface area contributed by atoms with Crippen LogP contribution in [-0.4, -0.2) is 22.6 Å². The molecule has 3 nitrogen and oxygen atoms in total. The Balaban J connectivity index is 1.83. The lowest BCUT2D eigenvalue weighted by molar-refractivity contribution is -0.130. The van der Waals surface area contributed by atoms with E-state index in [4.69, 9.17) is 27.9 Å². The minimum Gasteiger partial charge on any atom is -0.508 e. The number of aryl methyl sites for hydroxylation is 1. The van der Waals surface area contributed by atoms with E-state index in [1.165, 1.54) is 0 Å². The van der Waals surface area contributed by atoms with Gasteiger partial charge in [0.25, 0.3) is 0 Å². The minimum atomic E-state index is -0.763. The smallest absolute Gasteiger partial charge is 0.195 e. The maximum Gasteiger partial charge on any atom is 0.195 e. The van der Waals surface area contributed by atoms with Crippen LogP contribution in [0.3, 0.4) is 0 Å². The lowest BCUT2D eigenvalue weighted by Crippen LogP contribution is -2.37. The van der Waals surface area contributed by atoms with Crippen LogP contribution in [0.15, 0.2) is 42.2 Å². The number of hydrogen-bond acceptors (Lipinski definition) is 3. The van der Waals surface area contributed by atoms with Gasteiger partial charge in [-0.2, -0.15) is 0 Å². The summed E-state index contributed by atoms with van der Waals surface area (Å²) in [6.45, 7) is 3.89. The van der Waals surface area contributed by atoms with Crippen molar-refractivity contribution in [1.29, 1.82) is 0 Å². The zero-order valence-electron chi connectivity index (χ0n) is 15.2. The molecular weight excluding hydrogens is 383 g/mol. The number of benzene rings is 2. The number of hydrogen-bond donors (Lipinski definition) is 1. The summed E-state index contributed by atoms with van der Waals surface area (Å²) in [6, 6.07) is 11.4. The maximum atomic E-state index is 12.9. The first-order chi connectivity index (χ1) is 12.8. The molecule has 5 heteroatoms. The molecule has 2 bridgehead atoms. The first-order valence-corrected chi connectivity index (χ1v) is 9.84. The molecule has 4 rings (SSSR count). The number of ketones is 1. The minimum absolute atomic E-state index is 0.0539. The Hall–Kier alpha value is -1.81. The molecule has 0 spiro atoms. The number of fused-ring (bicyclic) bond motifs is 2. The highest BCUT2D eigenvalue weighted by Crippen LogP contribution is 2.45. The van der Waals surface area contributed by atoms with E-state index >= 15 is 0 Å². The van der Waals surface area contributed by atoms with Crippen molar-refractivity contribution < 1.29 is 14.6 Å². The SMILES string of the molecule is CCc1cc(-c2ccc(Cl)c(Cl)c2)ccc1C1=C(O)C2(C)CCC(O2)C1=O. The Kier molecular flexibility index (Phi) is 4.58. The number of carbonyl (C=O) groups excluding carboxylic acids is 1. The molecule has 2 heterocycles. The molecule has 2 unspecified atom stereocenters. The van der Waals surface area contributed by atoms with E-state index in [0.29, 0.717) is 28.5 Å². The highest BCUT2D eigenvalue weighted by molar-refractivity contribution is 6.42. The van der Waals surface area contributed by atoms with Crippen molar-refractivity contribution in [3.8, 4) is 11.1 Å². The first kappa shape index (κ1) is 18.5. The Morgan fingerprint density at radius 2 is 1.85 bits per heavy atom. The molecule has 2 aromatic rings. The molecule has 1 fully saturated rings. The fourth-order valence-electron chi connectivity index (χ4n) is 3.98. The summed E-state index contributed by atoms with van der Waals surface area (Å²) in [4.78, 5) is 12.9. The van der Waals surface area contributed by atoms with Gasteiger partial charge in [0.2, 0.25) is 0 Å². The molecule has 1 saturated heterocycles. The Bertz CT molecular complexity index is 980. The Morgan fingerprint density at radius 3 is 2.56 bits per heavy atom. The highest BCUT2D eigenvalue weighted by Gasteiger charge is 2.50. The number of ether oxygens (including phenoxy) is 1. The zero-order valence-corrected chi connectivity index (χ0v) is 16.7. The van der Waals surface area contributed by atoms with Crippen LogP contribution in [0.4, 0.5) is 0 Å². The van der Waals surface area contributed by atoms with Crippen LogP contribution >= 0.6 is 23.2 Å². The van der Waals surface area contributed by atoms with E-state index in [1.54, 1.807) is 6.07 Å². The second-order valence-electron chi connectivity index (χ2n) is 7.32. The molecule has 140 valence electrons. The fourth-order valence-corrected chi connectivity index (χ4v) is 4.28. The normalized spacial score (nSPS) is 24.6. The summed E-state index contributed by atoms with van der Waals surface area (Å²) in [5.41, 5.74) is 3.37. The predicted octanol–water partition coefficient (Wildman–Crippen LogP) is 6.01. The van der Waals surface area contributed by atoms with Crippen LogP contribution < -0.4 is 0 Å². The fraction of sp³-hybridized carbons (Fsp3) is 0.318. The average molecular weight is 403 g/mol. The Morgan fingerprint density at radius 1 is 1.15 bits per heavy atom. The molecular formula is C22H20Cl2O3. The molecule has 2 aliphatic heterocycles. The van der Waals surface area contributed by atoms with Crippen LogP contribution in [0.25, 0.3) is 16.7 Å². The van der Waals surface area contributed by atoms with E-state index in [1.807, 2.05) is 44.2 Å². The van der Waals surface area contributed by atoms with Crippen LogP contribution in [0, 0.1) is 0 Å². The van der Waals surface area contributed by atoms with Crippen molar-refractivity contribution in [2.75, 3.05) is 0 Å². The van der Waals surface area contributed by atoms with Gasteiger partial charge in [0.1, 0.15) is 17.5 Å². The average Bonchev–Trinajstić information content (AvgIpc) is 3.04. The van der Waals surface area contributed by atoms with E-state index in [0.717, 1.165) is 28.7 Å². The molecule has 27 heavy (non-hydrogen) atoms. The Labute approximate surface area is 168 Å². The van der Waals surface area contributed by atoms with Crippen molar-refractivity contribution in [2.45, 2.75) is 44.8 Å². The largest absolute Gasteiger partial charge is 0.508 e. The van der Waals surface area contributed by atoms with E-state index < -0.39 is 11.7 Å². The predicted molar refractivity (Wildman–Crippen MR) is 108 cm³/mol. The standard InChI is InChI=1S/C22H20Cl2O3/c1-3-12-10-13(14-5-7-16(23)17(24)11-14)4-6-15(12)19-20(25)18-8-9-22(2,27-18)21(19)26/h4-7,10-11,18,26H,3,8-9H2,1-2H3. The lowest BCUT2D eigenvalue weighted by Gasteiger charge is -2.31. The van der Waals surface area contributed by atoms with Gasteiger partial charge in [-0.25, -0.2) is 0 Å². The van der Waals surface area contributed by atoms with Crippen molar-refractivity contribution in [3.05, 3.63) is 63.3 Å². The molecule has 0 amide bonds. The third-order valence-electron chi connectivity index (χ3n) is 5.57. The quantitative estimate of drug-likeness (QED) is 0.683. The van der Waals surface area contributed by atoms with Gasteiger partial charge >= 0.3 is 0 Å². The highest BCUT2D eigenvalue weighted by atomic mass is 35.5. The van der Waals surface area contributed by atoms with Crippen LogP contribution in [0.5, 0.6) is 0 Å². The first-order valence-electron chi connectivity index (χ1n) is 9.08. The van der Waals surface area contributed by atoms with Gasteiger partial charge in [-0.05, 0) is 60.6 Å². The van der Waals surface area contributed by atoms with Gasteiger partial charge in [0, 0.05) is 0 Å². The third kappa shape index (κ3) is 2.98. The van der Waals surface area contributed by atoms with Gasteiger partial charge in [0.15, 0.2) is 5.78 Å². The summed E-state index contributed by atoms with van der Waals surface area (Å²) >= 11 is 12.2. The third-order valence-corrected chi connectivity index (χ3v) is 6.31. The van der Waals surface area contributed by atoms with E-state index in [2.05, 4.69) is 0 Å². The monoisotopic (exact) mass is 402 g/mol. The molecule has 0 saturated carbocycles. The van der Waals surface area contributed by atoms with Gasteiger partial charge in [-0.15, -0.1) is 0 Å². The van der Waals surface area contributed by atoms with Crippen molar-refractivity contribution in [3.63, 3.8) is 0 Å². The molecule has 0 aliphatic carbocycles. The number of Topliss-reactive ketones (excluding diaryl/α,β-unsaturated/α-hetero) is 1.